The van der Waals surface area contributed by atoms with E-state index in [9.17, 15) is 9.59 Å². The third-order valence-corrected chi connectivity index (χ3v) is 5.08. The third-order valence-electron chi connectivity index (χ3n) is 3.22. The van der Waals surface area contributed by atoms with Crippen molar-refractivity contribution in [1.82, 2.24) is 10.6 Å². The van der Waals surface area contributed by atoms with Crippen LogP contribution in [0.15, 0.2) is 29.0 Å². The van der Waals surface area contributed by atoms with E-state index in [0.717, 1.165) is 0 Å². The smallest absolute Gasteiger partial charge is 0.243 e. The highest BCUT2D eigenvalue weighted by molar-refractivity contribution is 7.14. The molecule has 1 unspecified atom stereocenters. The Bertz CT molecular complexity index is 619. The van der Waals surface area contributed by atoms with Crippen molar-refractivity contribution >= 4 is 34.5 Å². The van der Waals surface area contributed by atoms with E-state index in [1.54, 1.807) is 22.7 Å². The van der Waals surface area contributed by atoms with Crippen molar-refractivity contribution in [2.75, 3.05) is 0 Å². The lowest BCUT2D eigenvalue weighted by atomic mass is 10.1. The fourth-order valence-electron chi connectivity index (χ4n) is 2.16. The van der Waals surface area contributed by atoms with Crippen LogP contribution in [0.4, 0.5) is 0 Å². The van der Waals surface area contributed by atoms with Crippen LogP contribution in [0.3, 0.4) is 0 Å². The second kappa shape index (κ2) is 5.87. The molecule has 1 aliphatic heterocycles. The zero-order valence-corrected chi connectivity index (χ0v) is 12.4. The minimum absolute atomic E-state index is 0.177. The largest absolute Gasteiger partial charge is 0.301 e. The van der Waals surface area contributed by atoms with Gasteiger partial charge in [0, 0.05) is 28.3 Å². The molecule has 1 atom stereocenters. The minimum Gasteiger partial charge on any atom is -0.301 e. The molecule has 4 nitrogen and oxygen atoms in total. The number of thiophene rings is 2. The molecule has 20 heavy (non-hydrogen) atoms. The van der Waals surface area contributed by atoms with Crippen LogP contribution in [-0.4, -0.2) is 17.9 Å². The molecule has 0 aliphatic carbocycles. The maximum absolute atomic E-state index is 11.6. The van der Waals surface area contributed by atoms with Gasteiger partial charge in [0.15, 0.2) is 0 Å². The molecule has 3 heterocycles. The fraction of sp³-hybridized carbons (Fsp3) is 0.286. The maximum atomic E-state index is 11.6. The number of hydrogen-bond acceptors (Lipinski definition) is 5. The van der Waals surface area contributed by atoms with Crippen molar-refractivity contribution in [3.63, 3.8) is 0 Å². The molecular weight excluding hydrogens is 292 g/mol. The number of rotatable bonds is 4. The molecule has 3 rings (SSSR count). The Kier molecular flexibility index (Phi) is 3.95. The summed E-state index contributed by atoms with van der Waals surface area (Å²) in [5, 5.41) is 9.77. The molecular formula is C14H14N2O2S2. The predicted octanol–water partition coefficient (Wildman–Crippen LogP) is 2.37. The number of piperidine rings is 1. The molecule has 0 aromatic carbocycles. The monoisotopic (exact) mass is 306 g/mol. The highest BCUT2D eigenvalue weighted by Crippen LogP contribution is 2.29. The van der Waals surface area contributed by atoms with Crippen molar-refractivity contribution in [2.24, 2.45) is 0 Å². The van der Waals surface area contributed by atoms with Gasteiger partial charge in [0.1, 0.15) is 0 Å². The third kappa shape index (κ3) is 2.98. The quantitative estimate of drug-likeness (QED) is 0.853. The summed E-state index contributed by atoms with van der Waals surface area (Å²) in [6.07, 6.45) is 0.988. The van der Waals surface area contributed by atoms with E-state index in [2.05, 4.69) is 33.5 Å². The van der Waals surface area contributed by atoms with Crippen LogP contribution in [0, 0.1) is 0 Å². The highest BCUT2D eigenvalue weighted by Gasteiger charge is 2.25. The first-order valence-electron chi connectivity index (χ1n) is 6.41. The SMILES string of the molecule is O=C1CCC(NCc2cc(-c3cccs3)cs2)C(=O)N1. The number of nitrogens with one attached hydrogen (secondary N) is 2. The number of hydrogen-bond donors (Lipinski definition) is 2. The van der Waals surface area contributed by atoms with Gasteiger partial charge in [-0.1, -0.05) is 6.07 Å². The van der Waals surface area contributed by atoms with Crippen molar-refractivity contribution in [2.45, 2.75) is 25.4 Å². The molecule has 6 heteroatoms. The van der Waals surface area contributed by atoms with Crippen molar-refractivity contribution < 1.29 is 9.59 Å². The van der Waals surface area contributed by atoms with Gasteiger partial charge in [-0.05, 0) is 29.3 Å². The average Bonchev–Trinajstić information content (AvgIpc) is 3.08. The molecule has 0 radical (unpaired) electrons. The molecule has 2 aromatic rings. The van der Waals surface area contributed by atoms with Gasteiger partial charge in [0.2, 0.25) is 11.8 Å². The molecule has 0 spiro atoms. The Labute approximate surface area is 124 Å². The second-order valence-corrected chi connectivity index (χ2v) is 6.61. The summed E-state index contributed by atoms with van der Waals surface area (Å²) < 4.78 is 0. The summed E-state index contributed by atoms with van der Waals surface area (Å²) in [6, 6.07) is 6.03. The number of amides is 2. The van der Waals surface area contributed by atoms with Crippen LogP contribution < -0.4 is 10.6 Å². The lowest BCUT2D eigenvalue weighted by molar-refractivity contribution is -0.134. The van der Waals surface area contributed by atoms with E-state index >= 15 is 0 Å². The van der Waals surface area contributed by atoms with Gasteiger partial charge in [-0.2, -0.15) is 0 Å². The van der Waals surface area contributed by atoms with E-state index in [-0.39, 0.29) is 17.9 Å². The lowest BCUT2D eigenvalue weighted by Gasteiger charge is -2.21. The fourth-order valence-corrected chi connectivity index (χ4v) is 3.78. The first-order valence-corrected chi connectivity index (χ1v) is 8.16. The second-order valence-electron chi connectivity index (χ2n) is 4.66. The number of carbonyl (C=O) groups excluding carboxylic acids is 2. The van der Waals surface area contributed by atoms with Crippen molar-refractivity contribution in [3.05, 3.63) is 33.8 Å². The summed E-state index contributed by atoms with van der Waals surface area (Å²) >= 11 is 3.40. The van der Waals surface area contributed by atoms with E-state index in [0.29, 0.717) is 19.4 Å². The van der Waals surface area contributed by atoms with Crippen molar-refractivity contribution in [1.29, 1.82) is 0 Å². The van der Waals surface area contributed by atoms with Gasteiger partial charge >= 0.3 is 0 Å². The van der Waals surface area contributed by atoms with Crippen LogP contribution >= 0.6 is 22.7 Å². The first-order chi connectivity index (χ1) is 9.72. The molecule has 1 aliphatic rings. The maximum Gasteiger partial charge on any atom is 0.243 e. The van der Waals surface area contributed by atoms with E-state index in [1.807, 2.05) is 6.07 Å². The summed E-state index contributed by atoms with van der Waals surface area (Å²) in [4.78, 5) is 25.2. The molecule has 104 valence electrons. The van der Waals surface area contributed by atoms with Crippen molar-refractivity contribution in [3.8, 4) is 10.4 Å². The van der Waals surface area contributed by atoms with Gasteiger partial charge < -0.3 is 5.32 Å². The lowest BCUT2D eigenvalue weighted by Crippen LogP contribution is -2.50. The van der Waals surface area contributed by atoms with E-state index < -0.39 is 0 Å². The summed E-state index contributed by atoms with van der Waals surface area (Å²) in [5.41, 5.74) is 1.23. The Morgan fingerprint density at radius 1 is 1.35 bits per heavy atom. The molecule has 2 amide bonds. The highest BCUT2D eigenvalue weighted by atomic mass is 32.1. The van der Waals surface area contributed by atoms with Gasteiger partial charge in [-0.15, -0.1) is 22.7 Å². The van der Waals surface area contributed by atoms with Crippen LogP contribution in [0.5, 0.6) is 0 Å². The average molecular weight is 306 g/mol. The summed E-state index contributed by atoms with van der Waals surface area (Å²) in [6.45, 7) is 0.655. The van der Waals surface area contributed by atoms with Gasteiger partial charge in [-0.25, -0.2) is 0 Å². The van der Waals surface area contributed by atoms with Crippen LogP contribution in [-0.2, 0) is 16.1 Å². The zero-order valence-electron chi connectivity index (χ0n) is 10.7. The molecule has 2 N–H and O–H groups in total. The number of carbonyl (C=O) groups is 2. The molecule has 1 fully saturated rings. The van der Waals surface area contributed by atoms with Crippen LogP contribution in [0.1, 0.15) is 17.7 Å². The Morgan fingerprint density at radius 2 is 2.25 bits per heavy atom. The van der Waals surface area contributed by atoms with Gasteiger partial charge in [0.05, 0.1) is 6.04 Å². The molecule has 1 saturated heterocycles. The van der Waals surface area contributed by atoms with Gasteiger partial charge in [-0.3, -0.25) is 14.9 Å². The summed E-state index contributed by atoms with van der Waals surface area (Å²) in [5.74, 6) is -0.388. The van der Waals surface area contributed by atoms with Gasteiger partial charge in [0.25, 0.3) is 0 Å². The summed E-state index contributed by atoms with van der Waals surface area (Å²) in [7, 11) is 0. The molecule has 2 aromatic heterocycles. The minimum atomic E-state index is -0.264. The predicted molar refractivity (Wildman–Crippen MR) is 80.6 cm³/mol. The van der Waals surface area contributed by atoms with Crippen LogP contribution in [0.25, 0.3) is 10.4 Å². The van der Waals surface area contributed by atoms with Crippen LogP contribution in [0.2, 0.25) is 0 Å². The Balaban J connectivity index is 1.59. The van der Waals surface area contributed by atoms with E-state index in [4.69, 9.17) is 0 Å². The topological polar surface area (TPSA) is 58.2 Å². The Morgan fingerprint density at radius 3 is 3.00 bits per heavy atom. The standard InChI is InChI=1S/C14H14N2O2S2/c17-13-4-3-11(14(18)16-13)15-7-10-6-9(8-20-10)12-2-1-5-19-12/h1-2,5-6,8,11,15H,3-4,7H2,(H,16,17,18). The molecule has 0 saturated carbocycles. The molecule has 0 bridgehead atoms. The van der Waals surface area contributed by atoms with E-state index in [1.165, 1.54) is 15.3 Å². The Hall–Kier alpha value is -1.50. The zero-order chi connectivity index (χ0) is 13.9. The first kappa shape index (κ1) is 13.5. The normalized spacial score (nSPS) is 19.1. The number of imide groups is 1.